The summed E-state index contributed by atoms with van der Waals surface area (Å²) in [5.74, 6) is -0.773. The van der Waals surface area contributed by atoms with E-state index >= 15 is 0 Å². The lowest BCUT2D eigenvalue weighted by molar-refractivity contribution is -0.136. The van der Waals surface area contributed by atoms with Gasteiger partial charge in [0.1, 0.15) is 0 Å². The Morgan fingerprint density at radius 3 is 2.85 bits per heavy atom. The molecule has 1 fully saturated rings. The predicted octanol–water partition coefficient (Wildman–Crippen LogP) is 1.50. The Bertz CT molecular complexity index is 213. The van der Waals surface area contributed by atoms with E-state index in [9.17, 15) is 4.79 Å². The van der Waals surface area contributed by atoms with E-state index in [0.717, 1.165) is 18.5 Å². The van der Waals surface area contributed by atoms with Gasteiger partial charge in [-0.1, -0.05) is 12.2 Å². The first-order valence-electron chi connectivity index (χ1n) is 4.68. The van der Waals surface area contributed by atoms with E-state index in [4.69, 9.17) is 5.11 Å². The number of hydrogen-bond donors (Lipinski definition) is 1. The van der Waals surface area contributed by atoms with Crippen LogP contribution in [-0.2, 0) is 4.79 Å². The average Bonchev–Trinajstić information content (AvgIpc) is 2.34. The minimum atomic E-state index is -0.773. The zero-order valence-corrected chi connectivity index (χ0v) is 8.12. The minimum Gasteiger partial charge on any atom is -0.481 e. The van der Waals surface area contributed by atoms with Gasteiger partial charge in [0, 0.05) is 6.04 Å². The molecule has 1 N–H and O–H groups in total. The standard InChI is InChI=1S/C10H17NO2/c1-8(7-10(12)13)6-9-4-3-5-11(9)2/h9H,1,3-7H2,2H3,(H,12,13). The molecule has 1 atom stereocenters. The van der Waals surface area contributed by atoms with Gasteiger partial charge in [-0.25, -0.2) is 0 Å². The summed E-state index contributed by atoms with van der Waals surface area (Å²) in [6.45, 7) is 4.92. The normalized spacial score (nSPS) is 23.3. The summed E-state index contributed by atoms with van der Waals surface area (Å²) >= 11 is 0. The molecule has 1 aliphatic rings. The van der Waals surface area contributed by atoms with Gasteiger partial charge in [-0.2, -0.15) is 0 Å². The van der Waals surface area contributed by atoms with Crippen LogP contribution < -0.4 is 0 Å². The maximum Gasteiger partial charge on any atom is 0.307 e. The monoisotopic (exact) mass is 183 g/mol. The molecule has 1 heterocycles. The molecular formula is C10H17NO2. The van der Waals surface area contributed by atoms with Crippen molar-refractivity contribution in [3.8, 4) is 0 Å². The second-order valence-corrected chi connectivity index (χ2v) is 3.80. The second kappa shape index (κ2) is 4.42. The maximum absolute atomic E-state index is 10.4. The van der Waals surface area contributed by atoms with Crippen molar-refractivity contribution in [1.29, 1.82) is 0 Å². The highest BCUT2D eigenvalue weighted by molar-refractivity contribution is 5.69. The minimum absolute atomic E-state index is 0.115. The lowest BCUT2D eigenvalue weighted by atomic mass is 10.0. The Balaban J connectivity index is 2.31. The Labute approximate surface area is 79.0 Å². The van der Waals surface area contributed by atoms with Crippen LogP contribution in [0.3, 0.4) is 0 Å². The average molecular weight is 183 g/mol. The van der Waals surface area contributed by atoms with Crippen molar-refractivity contribution in [2.75, 3.05) is 13.6 Å². The fourth-order valence-corrected chi connectivity index (χ4v) is 1.86. The van der Waals surface area contributed by atoms with Gasteiger partial charge in [-0.05, 0) is 32.9 Å². The van der Waals surface area contributed by atoms with Gasteiger partial charge in [0.15, 0.2) is 0 Å². The number of rotatable bonds is 4. The summed E-state index contributed by atoms with van der Waals surface area (Å²) in [7, 11) is 2.09. The fourth-order valence-electron chi connectivity index (χ4n) is 1.86. The highest BCUT2D eigenvalue weighted by atomic mass is 16.4. The summed E-state index contributed by atoms with van der Waals surface area (Å²) in [4.78, 5) is 12.7. The van der Waals surface area contributed by atoms with Crippen LogP contribution in [0.4, 0.5) is 0 Å². The number of carbonyl (C=O) groups is 1. The molecule has 1 unspecified atom stereocenters. The van der Waals surface area contributed by atoms with Gasteiger partial charge in [0.25, 0.3) is 0 Å². The van der Waals surface area contributed by atoms with Crippen LogP contribution in [0.1, 0.15) is 25.7 Å². The molecule has 0 saturated carbocycles. The van der Waals surface area contributed by atoms with Crippen molar-refractivity contribution < 1.29 is 9.90 Å². The molecule has 1 rings (SSSR count). The molecule has 0 radical (unpaired) electrons. The lowest BCUT2D eigenvalue weighted by Gasteiger charge is -2.19. The third kappa shape index (κ3) is 3.19. The number of nitrogens with zero attached hydrogens (tertiary/aromatic N) is 1. The van der Waals surface area contributed by atoms with E-state index in [1.807, 2.05) is 0 Å². The van der Waals surface area contributed by atoms with Crippen LogP contribution in [0.15, 0.2) is 12.2 Å². The van der Waals surface area contributed by atoms with Gasteiger partial charge >= 0.3 is 5.97 Å². The third-order valence-electron chi connectivity index (χ3n) is 2.60. The molecular weight excluding hydrogens is 166 g/mol. The van der Waals surface area contributed by atoms with Crippen molar-refractivity contribution in [2.45, 2.75) is 31.7 Å². The van der Waals surface area contributed by atoms with Crippen LogP contribution in [0.2, 0.25) is 0 Å². The van der Waals surface area contributed by atoms with E-state index in [1.54, 1.807) is 0 Å². The number of carboxylic acid groups (broad SMARTS) is 1. The van der Waals surface area contributed by atoms with Crippen molar-refractivity contribution >= 4 is 5.97 Å². The van der Waals surface area contributed by atoms with E-state index in [2.05, 4.69) is 18.5 Å². The van der Waals surface area contributed by atoms with Crippen molar-refractivity contribution in [3.63, 3.8) is 0 Å². The molecule has 3 nitrogen and oxygen atoms in total. The zero-order valence-electron chi connectivity index (χ0n) is 8.12. The number of aliphatic carboxylic acids is 1. The molecule has 0 amide bonds. The van der Waals surface area contributed by atoms with Gasteiger partial charge < -0.3 is 10.0 Å². The molecule has 0 aliphatic carbocycles. The fraction of sp³-hybridized carbons (Fsp3) is 0.700. The van der Waals surface area contributed by atoms with Crippen molar-refractivity contribution in [3.05, 3.63) is 12.2 Å². The molecule has 1 aliphatic heterocycles. The Morgan fingerprint density at radius 2 is 2.38 bits per heavy atom. The molecule has 74 valence electrons. The number of hydrogen-bond acceptors (Lipinski definition) is 2. The van der Waals surface area contributed by atoms with Crippen LogP contribution in [-0.4, -0.2) is 35.6 Å². The first-order chi connectivity index (χ1) is 6.09. The van der Waals surface area contributed by atoms with Crippen LogP contribution in [0, 0.1) is 0 Å². The summed E-state index contributed by atoms with van der Waals surface area (Å²) in [6, 6.07) is 0.520. The molecule has 0 aromatic rings. The van der Waals surface area contributed by atoms with Crippen molar-refractivity contribution in [1.82, 2.24) is 4.90 Å². The van der Waals surface area contributed by atoms with Gasteiger partial charge in [0.2, 0.25) is 0 Å². The van der Waals surface area contributed by atoms with E-state index in [-0.39, 0.29) is 6.42 Å². The second-order valence-electron chi connectivity index (χ2n) is 3.80. The van der Waals surface area contributed by atoms with Crippen LogP contribution >= 0.6 is 0 Å². The highest BCUT2D eigenvalue weighted by Crippen LogP contribution is 2.21. The molecule has 0 aromatic carbocycles. The molecule has 0 bridgehead atoms. The van der Waals surface area contributed by atoms with Gasteiger partial charge in [0.05, 0.1) is 6.42 Å². The molecule has 1 saturated heterocycles. The summed E-state index contributed by atoms with van der Waals surface area (Å²) < 4.78 is 0. The topological polar surface area (TPSA) is 40.5 Å². The van der Waals surface area contributed by atoms with Crippen LogP contribution in [0.5, 0.6) is 0 Å². The third-order valence-corrected chi connectivity index (χ3v) is 2.60. The van der Waals surface area contributed by atoms with Crippen LogP contribution in [0.25, 0.3) is 0 Å². The molecule has 3 heteroatoms. The summed E-state index contributed by atoms with van der Waals surface area (Å²) in [6.07, 6.45) is 3.35. The summed E-state index contributed by atoms with van der Waals surface area (Å²) in [5.41, 5.74) is 0.839. The van der Waals surface area contributed by atoms with E-state index in [1.165, 1.54) is 12.8 Å². The van der Waals surface area contributed by atoms with E-state index in [0.29, 0.717) is 6.04 Å². The SMILES string of the molecule is C=C(CC(=O)O)CC1CCCN1C. The first-order valence-corrected chi connectivity index (χ1v) is 4.68. The van der Waals surface area contributed by atoms with E-state index < -0.39 is 5.97 Å². The van der Waals surface area contributed by atoms with Crippen molar-refractivity contribution in [2.24, 2.45) is 0 Å². The Morgan fingerprint density at radius 1 is 1.69 bits per heavy atom. The Kier molecular flexibility index (Phi) is 3.48. The number of carboxylic acids is 1. The lowest BCUT2D eigenvalue weighted by Crippen LogP contribution is -2.25. The smallest absolute Gasteiger partial charge is 0.307 e. The molecule has 13 heavy (non-hydrogen) atoms. The van der Waals surface area contributed by atoms with Gasteiger partial charge in [-0.3, -0.25) is 4.79 Å². The van der Waals surface area contributed by atoms with Gasteiger partial charge in [-0.15, -0.1) is 0 Å². The number of likely N-dealkylation sites (tertiary alicyclic amines) is 1. The summed E-state index contributed by atoms with van der Waals surface area (Å²) in [5, 5.41) is 8.55. The maximum atomic E-state index is 10.4. The largest absolute Gasteiger partial charge is 0.481 e. The zero-order chi connectivity index (χ0) is 9.84. The highest BCUT2D eigenvalue weighted by Gasteiger charge is 2.21. The first kappa shape index (κ1) is 10.3. The Hall–Kier alpha value is -0.830. The predicted molar refractivity (Wildman–Crippen MR) is 51.7 cm³/mol. The molecule has 0 spiro atoms. The quantitative estimate of drug-likeness (QED) is 0.671. The molecule has 0 aromatic heterocycles.